The zero-order valence-corrected chi connectivity index (χ0v) is 4.76. The molecule has 1 rings (SSSR count). The van der Waals surface area contributed by atoms with Gasteiger partial charge in [0.25, 0.3) is 0 Å². The van der Waals surface area contributed by atoms with E-state index in [0.29, 0.717) is 0 Å². The van der Waals surface area contributed by atoms with Gasteiger partial charge in [-0.2, -0.15) is 0 Å². The van der Waals surface area contributed by atoms with Crippen molar-refractivity contribution in [1.29, 1.82) is 0 Å². The standard InChI is InChI=1S/C6H7N2/c1-2-6-3-4-7-5-8-6/h4-5H,2H2,1H3. The van der Waals surface area contributed by atoms with Crippen molar-refractivity contribution < 1.29 is 0 Å². The summed E-state index contributed by atoms with van der Waals surface area (Å²) in [5.74, 6) is 0. The van der Waals surface area contributed by atoms with Crippen molar-refractivity contribution in [3.05, 3.63) is 24.3 Å². The van der Waals surface area contributed by atoms with Crippen LogP contribution in [-0.2, 0) is 6.42 Å². The Balaban J connectivity index is 2.83. The molecule has 41 valence electrons. The molecule has 0 aliphatic carbocycles. The Morgan fingerprint density at radius 3 is 3.00 bits per heavy atom. The quantitative estimate of drug-likeness (QED) is 0.531. The third kappa shape index (κ3) is 1.03. The summed E-state index contributed by atoms with van der Waals surface area (Å²) in [5.41, 5.74) is 0.972. The van der Waals surface area contributed by atoms with Crippen LogP contribution in [0.15, 0.2) is 12.5 Å². The maximum absolute atomic E-state index is 3.93. The van der Waals surface area contributed by atoms with E-state index < -0.39 is 0 Å². The molecule has 0 atom stereocenters. The van der Waals surface area contributed by atoms with Gasteiger partial charge in [-0.1, -0.05) is 6.92 Å². The normalized spacial score (nSPS) is 9.12. The predicted octanol–water partition coefficient (Wildman–Crippen LogP) is 0.839. The lowest BCUT2D eigenvalue weighted by molar-refractivity contribution is 0.993. The molecule has 0 amide bonds. The summed E-state index contributed by atoms with van der Waals surface area (Å²) in [7, 11) is 0. The van der Waals surface area contributed by atoms with Crippen molar-refractivity contribution in [2.24, 2.45) is 0 Å². The first kappa shape index (κ1) is 5.22. The molecule has 1 aromatic rings. The van der Waals surface area contributed by atoms with Gasteiger partial charge in [0.15, 0.2) is 0 Å². The number of nitrogens with zero attached hydrogens (tertiary/aromatic N) is 2. The Morgan fingerprint density at radius 1 is 1.75 bits per heavy atom. The fourth-order valence-electron chi connectivity index (χ4n) is 0.479. The molecule has 0 spiro atoms. The van der Waals surface area contributed by atoms with Gasteiger partial charge in [0, 0.05) is 12.3 Å². The van der Waals surface area contributed by atoms with Gasteiger partial charge in [-0.15, -0.1) is 0 Å². The molecule has 1 heterocycles. The fourth-order valence-corrected chi connectivity index (χ4v) is 0.479. The van der Waals surface area contributed by atoms with Crippen LogP contribution in [0.25, 0.3) is 0 Å². The molecule has 2 nitrogen and oxygen atoms in total. The van der Waals surface area contributed by atoms with Gasteiger partial charge in [0.1, 0.15) is 6.33 Å². The minimum atomic E-state index is 0.933. The van der Waals surface area contributed by atoms with Gasteiger partial charge in [-0.25, -0.2) is 9.97 Å². The predicted molar refractivity (Wildman–Crippen MR) is 30.2 cm³/mol. The highest BCUT2D eigenvalue weighted by atomic mass is 14.8. The van der Waals surface area contributed by atoms with Gasteiger partial charge < -0.3 is 0 Å². The summed E-state index contributed by atoms with van der Waals surface area (Å²) in [6, 6.07) is 2.90. The first-order chi connectivity index (χ1) is 3.93. The van der Waals surface area contributed by atoms with Crippen molar-refractivity contribution in [3.8, 4) is 0 Å². The molecule has 0 unspecified atom stereocenters. The Kier molecular flexibility index (Phi) is 1.57. The van der Waals surface area contributed by atoms with Crippen LogP contribution < -0.4 is 0 Å². The smallest absolute Gasteiger partial charge is 0.115 e. The van der Waals surface area contributed by atoms with E-state index >= 15 is 0 Å². The molecule has 0 bridgehead atoms. The monoisotopic (exact) mass is 107 g/mol. The highest BCUT2D eigenvalue weighted by Gasteiger charge is 1.83. The second kappa shape index (κ2) is 2.40. The molecule has 0 saturated carbocycles. The summed E-state index contributed by atoms with van der Waals surface area (Å²) in [6.45, 7) is 2.04. The minimum absolute atomic E-state index is 0.933. The number of hydrogen-bond donors (Lipinski definition) is 0. The summed E-state index contributed by atoms with van der Waals surface area (Å²) in [4.78, 5) is 7.66. The van der Waals surface area contributed by atoms with Gasteiger partial charge in [-0.3, -0.25) is 0 Å². The largest absolute Gasteiger partial charge is 0.244 e. The molecular weight excluding hydrogens is 100 g/mol. The highest BCUT2D eigenvalue weighted by molar-refractivity contribution is 4.93. The Hall–Kier alpha value is -0.920. The van der Waals surface area contributed by atoms with E-state index in [1.165, 1.54) is 6.33 Å². The number of hydrogen-bond acceptors (Lipinski definition) is 2. The van der Waals surface area contributed by atoms with Crippen LogP contribution in [0, 0.1) is 6.07 Å². The second-order valence-corrected chi connectivity index (χ2v) is 1.47. The lowest BCUT2D eigenvalue weighted by Gasteiger charge is -1.87. The molecule has 1 aromatic heterocycles. The number of aromatic nitrogens is 2. The van der Waals surface area contributed by atoms with Crippen LogP contribution in [0.1, 0.15) is 12.6 Å². The average molecular weight is 107 g/mol. The molecule has 8 heavy (non-hydrogen) atoms. The van der Waals surface area contributed by atoms with Gasteiger partial charge in [-0.05, 0) is 6.42 Å². The average Bonchev–Trinajstić information content (AvgIpc) is 1.90. The third-order valence-electron chi connectivity index (χ3n) is 0.921. The molecule has 2 heteroatoms. The zero-order valence-electron chi connectivity index (χ0n) is 4.76. The van der Waals surface area contributed by atoms with Crippen LogP contribution in [-0.4, -0.2) is 9.97 Å². The van der Waals surface area contributed by atoms with Crippen molar-refractivity contribution in [1.82, 2.24) is 9.97 Å². The summed E-state index contributed by atoms with van der Waals surface area (Å²) >= 11 is 0. The van der Waals surface area contributed by atoms with Gasteiger partial charge in [0.05, 0.1) is 5.69 Å². The lowest BCUT2D eigenvalue weighted by atomic mass is 10.3. The van der Waals surface area contributed by atoms with Crippen LogP contribution in [0.4, 0.5) is 0 Å². The van der Waals surface area contributed by atoms with E-state index in [2.05, 4.69) is 16.0 Å². The SMILES string of the molecule is CCc1[c]cncn1. The topological polar surface area (TPSA) is 25.8 Å². The van der Waals surface area contributed by atoms with Crippen LogP contribution in [0.5, 0.6) is 0 Å². The van der Waals surface area contributed by atoms with E-state index in [9.17, 15) is 0 Å². The van der Waals surface area contributed by atoms with Crippen LogP contribution in [0.3, 0.4) is 0 Å². The second-order valence-electron chi connectivity index (χ2n) is 1.47. The third-order valence-corrected chi connectivity index (χ3v) is 0.921. The molecular formula is C6H7N2. The Bertz CT molecular complexity index is 148. The Labute approximate surface area is 48.6 Å². The Morgan fingerprint density at radius 2 is 2.62 bits per heavy atom. The first-order valence-electron chi connectivity index (χ1n) is 2.60. The van der Waals surface area contributed by atoms with Crippen molar-refractivity contribution >= 4 is 0 Å². The molecule has 0 aliphatic heterocycles. The maximum atomic E-state index is 3.93. The summed E-state index contributed by atoms with van der Waals surface area (Å²) < 4.78 is 0. The molecule has 0 aliphatic rings. The highest BCUT2D eigenvalue weighted by Crippen LogP contribution is 1.87. The molecule has 0 aromatic carbocycles. The van der Waals surface area contributed by atoms with E-state index in [4.69, 9.17) is 0 Å². The van der Waals surface area contributed by atoms with Crippen LogP contribution in [0.2, 0.25) is 0 Å². The molecule has 0 N–H and O–H groups in total. The molecule has 0 saturated heterocycles. The van der Waals surface area contributed by atoms with E-state index in [-0.39, 0.29) is 0 Å². The lowest BCUT2D eigenvalue weighted by Crippen LogP contribution is -1.84. The maximum Gasteiger partial charge on any atom is 0.115 e. The zero-order chi connectivity index (χ0) is 5.82. The van der Waals surface area contributed by atoms with Gasteiger partial charge in [0.2, 0.25) is 0 Å². The van der Waals surface area contributed by atoms with Gasteiger partial charge >= 0.3 is 0 Å². The van der Waals surface area contributed by atoms with E-state index in [1.54, 1.807) is 6.20 Å². The van der Waals surface area contributed by atoms with Crippen molar-refractivity contribution in [2.45, 2.75) is 13.3 Å². The molecule has 0 fully saturated rings. The number of rotatable bonds is 1. The van der Waals surface area contributed by atoms with Crippen LogP contribution >= 0.6 is 0 Å². The fraction of sp³-hybridized carbons (Fsp3) is 0.333. The number of aryl methyl sites for hydroxylation is 1. The summed E-state index contributed by atoms with van der Waals surface area (Å²) in [6.07, 6.45) is 4.10. The molecule has 1 radical (unpaired) electrons. The van der Waals surface area contributed by atoms with E-state index in [0.717, 1.165) is 12.1 Å². The minimum Gasteiger partial charge on any atom is -0.244 e. The van der Waals surface area contributed by atoms with E-state index in [1.807, 2.05) is 6.92 Å². The van der Waals surface area contributed by atoms with Crippen molar-refractivity contribution in [2.75, 3.05) is 0 Å². The van der Waals surface area contributed by atoms with Crippen molar-refractivity contribution in [3.63, 3.8) is 0 Å². The first-order valence-corrected chi connectivity index (χ1v) is 2.60. The summed E-state index contributed by atoms with van der Waals surface area (Å²) in [5, 5.41) is 0.